The van der Waals surface area contributed by atoms with E-state index in [9.17, 15) is 14.0 Å². The molecule has 0 aliphatic carbocycles. The Morgan fingerprint density at radius 2 is 1.94 bits per heavy atom. The molecule has 0 N–H and O–H groups in total. The van der Waals surface area contributed by atoms with Crippen LogP contribution in [0.25, 0.3) is 10.9 Å². The maximum atomic E-state index is 14.5. The fourth-order valence-electron chi connectivity index (χ4n) is 3.98. The summed E-state index contributed by atoms with van der Waals surface area (Å²) in [6.07, 6.45) is 1.43. The molecular weight excluding hydrogens is 400 g/mol. The molecule has 2 aromatic carbocycles. The molecule has 7 heteroatoms. The second-order valence-electron chi connectivity index (χ2n) is 7.74. The minimum absolute atomic E-state index is 0.0495. The molecule has 1 aromatic heterocycles. The summed E-state index contributed by atoms with van der Waals surface area (Å²) in [5.74, 6) is 0.191. The van der Waals surface area contributed by atoms with Gasteiger partial charge in [-0.2, -0.15) is 5.26 Å². The zero-order chi connectivity index (χ0) is 22.0. The van der Waals surface area contributed by atoms with E-state index < -0.39 is 5.82 Å². The van der Waals surface area contributed by atoms with E-state index in [1.165, 1.54) is 19.2 Å². The van der Waals surface area contributed by atoms with E-state index in [-0.39, 0.29) is 17.4 Å². The van der Waals surface area contributed by atoms with Crippen molar-refractivity contribution in [1.29, 1.82) is 5.26 Å². The van der Waals surface area contributed by atoms with E-state index in [1.54, 1.807) is 25.1 Å². The fraction of sp³-hybridized carbons (Fsp3) is 0.333. The van der Waals surface area contributed by atoms with Crippen molar-refractivity contribution < 1.29 is 18.3 Å². The van der Waals surface area contributed by atoms with Crippen LogP contribution in [-0.4, -0.2) is 36.2 Å². The predicted octanol–water partition coefficient (Wildman–Crippen LogP) is 4.75. The summed E-state index contributed by atoms with van der Waals surface area (Å²) in [6.45, 7) is 3.62. The third-order valence-electron chi connectivity index (χ3n) is 5.62. The lowest BCUT2D eigenvalue weighted by Gasteiger charge is -2.32. The van der Waals surface area contributed by atoms with Crippen LogP contribution in [0.4, 0.5) is 8.78 Å². The largest absolute Gasteiger partial charge is 0.497 e. The Labute approximate surface area is 179 Å². The molecule has 5 nitrogen and oxygen atoms in total. The zero-order valence-electron chi connectivity index (χ0n) is 17.5. The van der Waals surface area contributed by atoms with Gasteiger partial charge >= 0.3 is 0 Å². The van der Waals surface area contributed by atoms with Crippen molar-refractivity contribution in [2.24, 2.45) is 0 Å². The highest BCUT2D eigenvalue weighted by Crippen LogP contribution is 2.33. The highest BCUT2D eigenvalue weighted by Gasteiger charge is 2.23. The third kappa shape index (κ3) is 4.44. The highest BCUT2D eigenvalue weighted by molar-refractivity contribution is 5.87. The number of methoxy groups -OCH3 is 1. The molecule has 4 rings (SSSR count). The van der Waals surface area contributed by atoms with Crippen molar-refractivity contribution in [2.75, 3.05) is 20.2 Å². The van der Waals surface area contributed by atoms with Crippen LogP contribution in [0.3, 0.4) is 0 Å². The van der Waals surface area contributed by atoms with Gasteiger partial charge in [-0.25, -0.2) is 13.8 Å². The maximum Gasteiger partial charge on any atom is 0.153 e. The molecule has 0 bridgehead atoms. The molecule has 31 heavy (non-hydrogen) atoms. The Balaban J connectivity index is 1.48. The monoisotopic (exact) mass is 423 g/mol. The normalized spacial score (nSPS) is 15.1. The highest BCUT2D eigenvalue weighted by atomic mass is 19.1. The number of hydrogen-bond acceptors (Lipinski definition) is 5. The first kappa shape index (κ1) is 21.0. The number of aryl methyl sites for hydroxylation is 1. The van der Waals surface area contributed by atoms with Gasteiger partial charge in [-0.3, -0.25) is 4.90 Å². The molecule has 1 saturated heterocycles. The summed E-state index contributed by atoms with van der Waals surface area (Å²) in [6, 6.07) is 11.5. The van der Waals surface area contributed by atoms with Gasteiger partial charge in [-0.1, -0.05) is 6.07 Å². The number of pyridine rings is 1. The summed E-state index contributed by atoms with van der Waals surface area (Å²) >= 11 is 0. The number of nitrogens with zero attached hydrogens (tertiary/aromatic N) is 3. The zero-order valence-corrected chi connectivity index (χ0v) is 17.5. The van der Waals surface area contributed by atoms with E-state index in [4.69, 9.17) is 9.47 Å². The molecule has 0 atom stereocenters. The van der Waals surface area contributed by atoms with Crippen molar-refractivity contribution in [3.63, 3.8) is 0 Å². The number of ether oxygens (including phenoxy) is 2. The van der Waals surface area contributed by atoms with Gasteiger partial charge in [0, 0.05) is 48.4 Å². The fourth-order valence-corrected chi connectivity index (χ4v) is 3.98. The van der Waals surface area contributed by atoms with E-state index in [1.807, 2.05) is 6.07 Å². The molecule has 0 saturated carbocycles. The molecule has 1 aliphatic rings. The van der Waals surface area contributed by atoms with Crippen LogP contribution >= 0.6 is 0 Å². The number of halogens is 2. The van der Waals surface area contributed by atoms with E-state index in [0.717, 1.165) is 12.8 Å². The van der Waals surface area contributed by atoms with Gasteiger partial charge in [0.05, 0.1) is 18.7 Å². The van der Waals surface area contributed by atoms with Crippen LogP contribution in [0.2, 0.25) is 0 Å². The number of fused-ring (bicyclic) bond motifs is 1. The standard InChI is InChI=1S/C24H23F2N3O2/c1-15-10-23(19-11-18(30-2)12-22(26)24(19)28-15)31-17-6-8-29(9-7-17)14-20-16(13-27)4-3-5-21(20)25/h3-5,10-12,17H,6-9,14H2,1-2H3. The minimum atomic E-state index is -0.448. The third-order valence-corrected chi connectivity index (χ3v) is 5.62. The number of nitriles is 1. The van der Waals surface area contributed by atoms with Crippen molar-refractivity contribution in [3.05, 3.63) is 64.9 Å². The molecule has 0 radical (unpaired) electrons. The molecular formula is C24H23F2N3O2. The lowest BCUT2D eigenvalue weighted by Crippen LogP contribution is -2.38. The van der Waals surface area contributed by atoms with E-state index >= 15 is 0 Å². The molecule has 160 valence electrons. The van der Waals surface area contributed by atoms with Gasteiger partial charge in [0.15, 0.2) is 5.82 Å². The first-order valence-corrected chi connectivity index (χ1v) is 10.2. The van der Waals surface area contributed by atoms with Crippen molar-refractivity contribution in [3.8, 4) is 17.6 Å². The second kappa shape index (κ2) is 8.86. The Kier molecular flexibility index (Phi) is 6.01. The number of likely N-dealkylation sites (tertiary alicyclic amines) is 1. The average molecular weight is 423 g/mol. The summed E-state index contributed by atoms with van der Waals surface area (Å²) < 4.78 is 40.1. The Hall–Kier alpha value is -3.24. The lowest BCUT2D eigenvalue weighted by atomic mass is 10.0. The maximum absolute atomic E-state index is 14.5. The molecule has 1 aliphatic heterocycles. The second-order valence-corrected chi connectivity index (χ2v) is 7.74. The molecule has 0 unspecified atom stereocenters. The topological polar surface area (TPSA) is 58.4 Å². The van der Waals surface area contributed by atoms with Gasteiger partial charge in [-0.05, 0) is 38.0 Å². The summed E-state index contributed by atoms with van der Waals surface area (Å²) in [4.78, 5) is 6.43. The van der Waals surface area contributed by atoms with Gasteiger partial charge in [0.1, 0.15) is 28.9 Å². The molecule has 0 spiro atoms. The molecule has 2 heterocycles. The predicted molar refractivity (Wildman–Crippen MR) is 113 cm³/mol. The van der Waals surface area contributed by atoms with Gasteiger partial charge < -0.3 is 9.47 Å². The summed E-state index contributed by atoms with van der Waals surface area (Å²) in [5, 5.41) is 9.83. The summed E-state index contributed by atoms with van der Waals surface area (Å²) in [5.41, 5.74) is 1.74. The first-order chi connectivity index (χ1) is 15.0. The van der Waals surface area contributed by atoms with Crippen LogP contribution in [0.15, 0.2) is 36.4 Å². The number of hydrogen-bond donors (Lipinski definition) is 0. The lowest BCUT2D eigenvalue weighted by molar-refractivity contribution is 0.0972. The van der Waals surface area contributed by atoms with Crippen LogP contribution in [0.1, 0.15) is 29.7 Å². The van der Waals surface area contributed by atoms with Crippen molar-refractivity contribution >= 4 is 10.9 Å². The first-order valence-electron chi connectivity index (χ1n) is 10.2. The van der Waals surface area contributed by atoms with Gasteiger partial charge in [0.25, 0.3) is 0 Å². The minimum Gasteiger partial charge on any atom is -0.497 e. The Morgan fingerprint density at radius 1 is 1.16 bits per heavy atom. The number of rotatable bonds is 5. The molecule has 3 aromatic rings. The smallest absolute Gasteiger partial charge is 0.153 e. The van der Waals surface area contributed by atoms with E-state index in [2.05, 4.69) is 16.0 Å². The van der Waals surface area contributed by atoms with Gasteiger partial charge in [-0.15, -0.1) is 0 Å². The Bertz CT molecular complexity index is 1150. The van der Waals surface area contributed by atoms with Crippen LogP contribution in [0.5, 0.6) is 11.5 Å². The van der Waals surface area contributed by atoms with Gasteiger partial charge in [0.2, 0.25) is 0 Å². The van der Waals surface area contributed by atoms with E-state index in [0.29, 0.717) is 53.3 Å². The van der Waals surface area contributed by atoms with Crippen LogP contribution < -0.4 is 9.47 Å². The average Bonchev–Trinajstić information content (AvgIpc) is 2.77. The van der Waals surface area contributed by atoms with Crippen molar-refractivity contribution in [1.82, 2.24) is 9.88 Å². The summed E-state index contributed by atoms with van der Waals surface area (Å²) in [7, 11) is 1.49. The quantitative estimate of drug-likeness (QED) is 0.593. The SMILES string of the molecule is COc1cc(F)c2nc(C)cc(OC3CCN(Cc4c(F)cccc4C#N)CC3)c2c1. The number of benzene rings is 2. The van der Waals surface area contributed by atoms with Crippen LogP contribution in [-0.2, 0) is 6.54 Å². The number of piperidine rings is 1. The van der Waals surface area contributed by atoms with Crippen LogP contribution in [0, 0.1) is 29.9 Å². The van der Waals surface area contributed by atoms with Crippen molar-refractivity contribution in [2.45, 2.75) is 32.4 Å². The Morgan fingerprint density at radius 3 is 2.65 bits per heavy atom. The molecule has 0 amide bonds. The number of aromatic nitrogens is 1. The molecule has 1 fully saturated rings.